The molecule has 3 aromatic rings. The standard InChI is InChI=1S/C27H31N5O4S/c1-18-8-6-9-19(2)25(18)23-15-24-30-27(29-23)31-37(34,35)22-11-7-10-20(14-22)26(33)28-16-21(36-24)17-32-12-4-3-5-13-32/h6-11,14-15,21H,3-5,12-13,16-17H2,1-2H3,(H,28,33)(H,29,30,31)/t21-/m0/s1. The Morgan fingerprint density at radius 1 is 1.00 bits per heavy atom. The lowest BCUT2D eigenvalue weighted by molar-refractivity contribution is 0.0875. The number of likely N-dealkylation sites (tertiary alicyclic amines) is 1. The highest BCUT2D eigenvalue weighted by atomic mass is 32.2. The summed E-state index contributed by atoms with van der Waals surface area (Å²) in [6, 6.07) is 13.6. The molecule has 37 heavy (non-hydrogen) atoms. The molecule has 9 nitrogen and oxygen atoms in total. The van der Waals surface area contributed by atoms with Crippen LogP contribution in [0.15, 0.2) is 53.4 Å². The molecule has 0 aliphatic carbocycles. The van der Waals surface area contributed by atoms with Gasteiger partial charge in [-0.1, -0.05) is 30.7 Å². The Kier molecular flexibility index (Phi) is 7.12. The van der Waals surface area contributed by atoms with Crippen molar-refractivity contribution in [2.45, 2.75) is 44.1 Å². The number of hydrogen-bond acceptors (Lipinski definition) is 7. The summed E-state index contributed by atoms with van der Waals surface area (Å²) in [6.07, 6.45) is 3.07. The van der Waals surface area contributed by atoms with Gasteiger partial charge in [0.05, 0.1) is 17.1 Å². The number of fused-ring (bicyclic) bond motifs is 4. The van der Waals surface area contributed by atoms with Crippen LogP contribution in [0.4, 0.5) is 5.95 Å². The minimum absolute atomic E-state index is 0.0483. The van der Waals surface area contributed by atoms with Gasteiger partial charge in [-0.15, -0.1) is 0 Å². The summed E-state index contributed by atoms with van der Waals surface area (Å²) in [5, 5.41) is 2.92. The molecule has 1 saturated heterocycles. The molecule has 1 aromatic heterocycles. The molecule has 0 saturated carbocycles. The first-order chi connectivity index (χ1) is 17.8. The molecule has 1 atom stereocenters. The van der Waals surface area contributed by atoms with Crippen LogP contribution in [0.2, 0.25) is 0 Å². The highest BCUT2D eigenvalue weighted by Crippen LogP contribution is 2.30. The first-order valence-corrected chi connectivity index (χ1v) is 14.0. The predicted octanol–water partition coefficient (Wildman–Crippen LogP) is 3.54. The molecule has 2 aliphatic heterocycles. The Bertz CT molecular complexity index is 1400. The summed E-state index contributed by atoms with van der Waals surface area (Å²) in [5.74, 6) is -0.207. The summed E-state index contributed by atoms with van der Waals surface area (Å²) < 4.78 is 35.3. The maximum atomic E-state index is 13.2. The van der Waals surface area contributed by atoms with Gasteiger partial charge in [-0.3, -0.25) is 9.69 Å². The quantitative estimate of drug-likeness (QED) is 0.542. The lowest BCUT2D eigenvalue weighted by Crippen LogP contribution is -2.45. The van der Waals surface area contributed by atoms with Crippen molar-refractivity contribution >= 4 is 21.9 Å². The van der Waals surface area contributed by atoms with Crippen LogP contribution in [0.3, 0.4) is 0 Å². The predicted molar refractivity (Wildman–Crippen MR) is 141 cm³/mol. The highest BCUT2D eigenvalue weighted by Gasteiger charge is 2.24. The molecular weight excluding hydrogens is 490 g/mol. The van der Waals surface area contributed by atoms with Crippen LogP contribution >= 0.6 is 0 Å². The van der Waals surface area contributed by atoms with Crippen molar-refractivity contribution in [3.05, 3.63) is 65.2 Å². The second kappa shape index (κ2) is 10.5. The molecule has 0 radical (unpaired) electrons. The van der Waals surface area contributed by atoms with Crippen LogP contribution < -0.4 is 14.8 Å². The number of nitrogens with zero attached hydrogens (tertiary/aromatic N) is 3. The molecule has 3 heterocycles. The van der Waals surface area contributed by atoms with E-state index < -0.39 is 16.1 Å². The number of nitrogens with one attached hydrogen (secondary N) is 2. The van der Waals surface area contributed by atoms with Gasteiger partial charge in [-0.05, 0) is 69.1 Å². The molecule has 194 valence electrons. The molecule has 1 fully saturated rings. The van der Waals surface area contributed by atoms with E-state index in [1.54, 1.807) is 18.2 Å². The van der Waals surface area contributed by atoms with Gasteiger partial charge in [0.25, 0.3) is 15.9 Å². The molecule has 1 amide bonds. The van der Waals surface area contributed by atoms with E-state index in [4.69, 9.17) is 4.74 Å². The van der Waals surface area contributed by atoms with Gasteiger partial charge < -0.3 is 10.1 Å². The molecule has 2 aromatic carbocycles. The lowest BCUT2D eigenvalue weighted by Gasteiger charge is -2.30. The summed E-state index contributed by atoms with van der Waals surface area (Å²) >= 11 is 0. The monoisotopic (exact) mass is 521 g/mol. The maximum absolute atomic E-state index is 13.2. The third kappa shape index (κ3) is 5.75. The minimum atomic E-state index is -4.06. The summed E-state index contributed by atoms with van der Waals surface area (Å²) in [4.78, 5) is 24.2. The fourth-order valence-electron chi connectivity index (χ4n) is 4.91. The van der Waals surface area contributed by atoms with E-state index in [-0.39, 0.29) is 34.7 Å². The molecule has 5 rings (SSSR count). The summed E-state index contributed by atoms with van der Waals surface area (Å²) in [6.45, 7) is 6.77. The molecule has 0 spiro atoms. The van der Waals surface area contributed by atoms with E-state index in [0.717, 1.165) is 42.6 Å². The molecule has 4 bridgehead atoms. The van der Waals surface area contributed by atoms with Crippen LogP contribution in [0.1, 0.15) is 40.7 Å². The van der Waals surface area contributed by atoms with E-state index >= 15 is 0 Å². The third-order valence-electron chi connectivity index (χ3n) is 6.76. The minimum Gasteiger partial charge on any atom is -0.471 e. The van der Waals surface area contributed by atoms with Gasteiger partial charge in [0.15, 0.2) is 0 Å². The fourth-order valence-corrected chi connectivity index (χ4v) is 5.90. The fraction of sp³-hybridized carbons (Fsp3) is 0.370. The third-order valence-corrected chi connectivity index (χ3v) is 8.09. The van der Waals surface area contributed by atoms with Gasteiger partial charge in [0.1, 0.15) is 6.10 Å². The highest BCUT2D eigenvalue weighted by molar-refractivity contribution is 7.92. The van der Waals surface area contributed by atoms with Crippen LogP contribution in [-0.4, -0.2) is 61.5 Å². The van der Waals surface area contributed by atoms with Crippen molar-refractivity contribution in [2.24, 2.45) is 0 Å². The largest absolute Gasteiger partial charge is 0.471 e. The number of rotatable bonds is 3. The van der Waals surface area contributed by atoms with Crippen LogP contribution in [0.5, 0.6) is 5.88 Å². The van der Waals surface area contributed by atoms with Gasteiger partial charge in [0.2, 0.25) is 11.8 Å². The topological polar surface area (TPSA) is 114 Å². The number of carbonyl (C=O) groups is 1. The average molecular weight is 522 g/mol. The van der Waals surface area contributed by atoms with E-state index in [1.165, 1.54) is 18.6 Å². The van der Waals surface area contributed by atoms with Gasteiger partial charge in [-0.25, -0.2) is 18.1 Å². The SMILES string of the molecule is Cc1cccc(C)c1-c1cc2nc(n1)NS(=O)(=O)c1cccc(c1)C(=O)NC[C@@H](CN1CCCCC1)O2. The Morgan fingerprint density at radius 3 is 2.49 bits per heavy atom. The number of sulfonamides is 1. The number of aromatic nitrogens is 2. The number of benzene rings is 2. The number of carbonyl (C=O) groups excluding carboxylic acids is 1. The van der Waals surface area contributed by atoms with E-state index in [9.17, 15) is 13.2 Å². The normalized spacial score (nSPS) is 19.8. The van der Waals surface area contributed by atoms with Crippen molar-refractivity contribution in [3.8, 4) is 17.1 Å². The molecule has 2 N–H and O–H groups in total. The van der Waals surface area contributed by atoms with Crippen LogP contribution in [-0.2, 0) is 10.0 Å². The van der Waals surface area contributed by atoms with E-state index in [2.05, 4.69) is 24.9 Å². The smallest absolute Gasteiger partial charge is 0.264 e. The zero-order valence-corrected chi connectivity index (χ0v) is 21.8. The summed E-state index contributed by atoms with van der Waals surface area (Å²) in [5.41, 5.74) is 3.70. The number of aryl methyl sites for hydroxylation is 2. The zero-order chi connectivity index (χ0) is 26.0. The van der Waals surface area contributed by atoms with Gasteiger partial charge >= 0.3 is 0 Å². The zero-order valence-electron chi connectivity index (χ0n) is 21.0. The van der Waals surface area contributed by atoms with Gasteiger partial charge in [-0.2, -0.15) is 4.98 Å². The molecular formula is C27H31N5O4S. The summed E-state index contributed by atoms with van der Waals surface area (Å²) in [7, 11) is -4.06. The van der Waals surface area contributed by atoms with Crippen molar-refractivity contribution < 1.29 is 17.9 Å². The number of piperidine rings is 1. The van der Waals surface area contributed by atoms with E-state index in [0.29, 0.717) is 12.2 Å². The Labute approximate surface area is 217 Å². The Morgan fingerprint density at radius 2 is 1.73 bits per heavy atom. The first kappa shape index (κ1) is 25.2. The molecule has 10 heteroatoms. The van der Waals surface area contributed by atoms with Crippen LogP contribution in [0.25, 0.3) is 11.3 Å². The number of amides is 1. The number of hydrogen-bond donors (Lipinski definition) is 2. The second-order valence-electron chi connectivity index (χ2n) is 9.63. The van der Waals surface area contributed by atoms with Gasteiger partial charge in [0, 0.05) is 23.7 Å². The first-order valence-electron chi connectivity index (χ1n) is 12.5. The van der Waals surface area contributed by atoms with Crippen molar-refractivity contribution in [1.82, 2.24) is 20.2 Å². The van der Waals surface area contributed by atoms with Crippen molar-refractivity contribution in [3.63, 3.8) is 0 Å². The van der Waals surface area contributed by atoms with Crippen LogP contribution in [0, 0.1) is 13.8 Å². The lowest BCUT2D eigenvalue weighted by atomic mass is 10.00. The number of anilines is 1. The second-order valence-corrected chi connectivity index (χ2v) is 11.3. The van der Waals surface area contributed by atoms with Crippen molar-refractivity contribution in [2.75, 3.05) is 30.9 Å². The van der Waals surface area contributed by atoms with Crippen molar-refractivity contribution in [1.29, 1.82) is 0 Å². The Balaban J connectivity index is 1.60. The Hall–Kier alpha value is -3.50. The number of ether oxygens (including phenoxy) is 1. The molecule has 0 unspecified atom stereocenters. The average Bonchev–Trinajstić information content (AvgIpc) is 2.87. The maximum Gasteiger partial charge on any atom is 0.264 e. The molecule has 2 aliphatic rings. The van der Waals surface area contributed by atoms with E-state index in [1.807, 2.05) is 32.0 Å².